The Morgan fingerprint density at radius 3 is 2.48 bits per heavy atom. The van der Waals surface area contributed by atoms with E-state index in [1.54, 1.807) is 34.1 Å². The molecule has 2 aromatic carbocycles. The zero-order valence-electron chi connectivity index (χ0n) is 17.5. The molecule has 0 saturated carbocycles. The minimum absolute atomic E-state index is 0.0584. The molecule has 0 unspecified atom stereocenters. The van der Waals surface area contributed by atoms with E-state index in [4.69, 9.17) is 4.74 Å². The summed E-state index contributed by atoms with van der Waals surface area (Å²) in [4.78, 5) is 32.4. The molecule has 0 bridgehead atoms. The summed E-state index contributed by atoms with van der Waals surface area (Å²) >= 11 is 0. The van der Waals surface area contributed by atoms with Gasteiger partial charge in [0.25, 0.3) is 5.91 Å². The number of hydrogen-bond donors (Lipinski definition) is 1. The molecule has 0 fully saturated rings. The molecule has 0 radical (unpaired) electrons. The fourth-order valence-electron chi connectivity index (χ4n) is 3.58. The molecule has 1 aromatic heterocycles. The number of aromatic nitrogens is 1. The number of fused-ring (bicyclic) bond motifs is 1. The first kappa shape index (κ1) is 20.5. The van der Waals surface area contributed by atoms with Crippen LogP contribution in [0.2, 0.25) is 0 Å². The third-order valence-corrected chi connectivity index (χ3v) is 5.33. The van der Waals surface area contributed by atoms with Gasteiger partial charge in [-0.3, -0.25) is 9.69 Å². The van der Waals surface area contributed by atoms with Crippen LogP contribution in [0, 0.1) is 5.82 Å². The molecule has 166 valence electrons. The predicted molar refractivity (Wildman–Crippen MR) is 120 cm³/mol. The number of rotatable bonds is 5. The maximum absolute atomic E-state index is 13.1. The van der Waals surface area contributed by atoms with Crippen LogP contribution in [0.25, 0.3) is 5.69 Å². The van der Waals surface area contributed by atoms with Crippen molar-refractivity contribution in [1.82, 2.24) is 14.4 Å². The van der Waals surface area contributed by atoms with Gasteiger partial charge in [0.2, 0.25) is 5.76 Å². The van der Waals surface area contributed by atoms with Gasteiger partial charge in [-0.2, -0.15) is 0 Å². The van der Waals surface area contributed by atoms with Gasteiger partial charge >= 0.3 is 12.1 Å². The monoisotopic (exact) mass is 445 g/mol. The van der Waals surface area contributed by atoms with E-state index in [1.165, 1.54) is 18.3 Å². The average Bonchev–Trinajstić information content (AvgIpc) is 3.46. The summed E-state index contributed by atoms with van der Waals surface area (Å²) in [5, 5.41) is 2.79. The standard InChI is InChI=1S/C24H20FN5O3/c25-18-5-3-17(4-6-18)15-29-13-14-30-16-21(33-24(30)27-23(29)32)22(31)26-19-7-9-20(10-8-19)28-11-1-2-12-28/h1-12,16H,13-15H2,(H,26,31). The number of carbonyl (C=O) groups is 2. The van der Waals surface area contributed by atoms with Gasteiger partial charge in [-0.15, -0.1) is 4.99 Å². The second-order valence-electron chi connectivity index (χ2n) is 7.61. The second-order valence-corrected chi connectivity index (χ2v) is 7.61. The van der Waals surface area contributed by atoms with Crippen molar-refractivity contribution in [2.75, 3.05) is 18.4 Å². The van der Waals surface area contributed by atoms with Crippen LogP contribution < -0.4 is 5.32 Å². The van der Waals surface area contributed by atoms with E-state index in [0.29, 0.717) is 25.3 Å². The summed E-state index contributed by atoms with van der Waals surface area (Å²) < 4.78 is 20.6. The van der Waals surface area contributed by atoms with Crippen molar-refractivity contribution in [1.29, 1.82) is 0 Å². The van der Waals surface area contributed by atoms with Crippen molar-refractivity contribution in [3.63, 3.8) is 0 Å². The van der Waals surface area contributed by atoms with Crippen LogP contribution >= 0.6 is 0 Å². The van der Waals surface area contributed by atoms with Gasteiger partial charge in [-0.25, -0.2) is 9.18 Å². The molecule has 0 aliphatic carbocycles. The van der Waals surface area contributed by atoms with E-state index in [9.17, 15) is 14.0 Å². The Kier molecular flexibility index (Phi) is 5.35. The van der Waals surface area contributed by atoms with Crippen LogP contribution in [0.3, 0.4) is 0 Å². The van der Waals surface area contributed by atoms with E-state index in [0.717, 1.165) is 11.3 Å². The number of urea groups is 1. The number of benzene rings is 2. The molecule has 0 spiro atoms. The lowest BCUT2D eigenvalue weighted by Gasteiger charge is -2.19. The van der Waals surface area contributed by atoms with Crippen molar-refractivity contribution in [2.45, 2.75) is 6.54 Å². The Morgan fingerprint density at radius 2 is 1.76 bits per heavy atom. The van der Waals surface area contributed by atoms with Gasteiger partial charge < -0.3 is 19.5 Å². The number of anilines is 1. The highest BCUT2D eigenvalue weighted by Gasteiger charge is 2.31. The number of hydrogen-bond acceptors (Lipinski definition) is 4. The van der Waals surface area contributed by atoms with Crippen molar-refractivity contribution in [3.05, 3.63) is 96.4 Å². The Bertz CT molecular complexity index is 1230. The number of amides is 3. The summed E-state index contributed by atoms with van der Waals surface area (Å²) in [5.41, 5.74) is 2.39. The van der Waals surface area contributed by atoms with Crippen LogP contribution in [0.15, 0.2) is 90.0 Å². The minimum atomic E-state index is -0.479. The van der Waals surface area contributed by atoms with Crippen LogP contribution in [-0.4, -0.2) is 45.4 Å². The molecule has 5 rings (SSSR count). The normalized spacial score (nSPS) is 15.4. The molecule has 1 N–H and O–H groups in total. The minimum Gasteiger partial charge on any atom is -0.418 e. The number of carbonyl (C=O) groups excluding carboxylic acids is 2. The molecule has 8 nitrogen and oxygen atoms in total. The highest BCUT2D eigenvalue weighted by Crippen LogP contribution is 2.21. The first-order valence-corrected chi connectivity index (χ1v) is 10.4. The number of aliphatic imine (C=N–C) groups is 1. The van der Waals surface area contributed by atoms with Gasteiger partial charge in [0.05, 0.1) is 6.20 Å². The Morgan fingerprint density at radius 1 is 1.03 bits per heavy atom. The zero-order chi connectivity index (χ0) is 22.8. The quantitative estimate of drug-likeness (QED) is 0.649. The maximum atomic E-state index is 13.1. The topological polar surface area (TPSA) is 79.2 Å². The summed E-state index contributed by atoms with van der Waals surface area (Å²) in [7, 11) is 0. The lowest BCUT2D eigenvalue weighted by molar-refractivity contribution is -0.114. The number of ether oxygens (including phenoxy) is 1. The number of halogens is 1. The van der Waals surface area contributed by atoms with Gasteiger partial charge in [0.1, 0.15) is 5.82 Å². The predicted octanol–water partition coefficient (Wildman–Crippen LogP) is 3.72. The van der Waals surface area contributed by atoms with Crippen LogP contribution in [0.4, 0.5) is 14.9 Å². The van der Waals surface area contributed by atoms with Crippen molar-refractivity contribution < 1.29 is 18.7 Å². The number of amidine groups is 1. The van der Waals surface area contributed by atoms with E-state index < -0.39 is 11.9 Å². The first-order valence-electron chi connectivity index (χ1n) is 10.4. The lowest BCUT2D eigenvalue weighted by atomic mass is 10.2. The summed E-state index contributed by atoms with van der Waals surface area (Å²) in [6.45, 7) is 1.09. The zero-order valence-corrected chi connectivity index (χ0v) is 17.5. The third kappa shape index (κ3) is 4.47. The molecule has 2 aliphatic heterocycles. The highest BCUT2D eigenvalue weighted by molar-refractivity contribution is 6.06. The average molecular weight is 445 g/mol. The highest BCUT2D eigenvalue weighted by atomic mass is 19.1. The molecule has 0 atom stereocenters. The van der Waals surface area contributed by atoms with Gasteiger partial charge in [-0.1, -0.05) is 12.1 Å². The Labute approximate surface area is 189 Å². The number of nitrogens with zero attached hydrogens (tertiary/aromatic N) is 4. The first-order chi connectivity index (χ1) is 16.0. The lowest BCUT2D eigenvalue weighted by Crippen LogP contribution is -2.31. The Hall–Kier alpha value is -4.40. The third-order valence-electron chi connectivity index (χ3n) is 5.33. The van der Waals surface area contributed by atoms with E-state index in [2.05, 4.69) is 10.3 Å². The van der Waals surface area contributed by atoms with Crippen LogP contribution in [-0.2, 0) is 16.1 Å². The van der Waals surface area contributed by atoms with Crippen molar-refractivity contribution in [3.8, 4) is 5.69 Å². The molecule has 3 heterocycles. The van der Waals surface area contributed by atoms with Gasteiger partial charge in [0, 0.05) is 43.4 Å². The largest absolute Gasteiger partial charge is 0.418 e. The molecular weight excluding hydrogens is 425 g/mol. The molecule has 33 heavy (non-hydrogen) atoms. The van der Waals surface area contributed by atoms with Gasteiger partial charge in [0.15, 0.2) is 0 Å². The molecule has 3 amide bonds. The molecule has 0 saturated heterocycles. The van der Waals surface area contributed by atoms with Crippen molar-refractivity contribution in [2.24, 2.45) is 4.99 Å². The SMILES string of the molecule is O=C(Nc1ccc(-n2cccc2)cc1)C1=CN2CCN(Cc3ccc(F)cc3)C(=O)N=C2O1. The van der Waals surface area contributed by atoms with Crippen LogP contribution in [0.5, 0.6) is 0 Å². The van der Waals surface area contributed by atoms with E-state index >= 15 is 0 Å². The van der Waals surface area contributed by atoms with Gasteiger partial charge in [-0.05, 0) is 54.1 Å². The fraction of sp³-hybridized carbons (Fsp3) is 0.125. The summed E-state index contributed by atoms with van der Waals surface area (Å²) in [6, 6.07) is 16.8. The van der Waals surface area contributed by atoms with E-state index in [1.807, 2.05) is 41.2 Å². The molecular formula is C24H20FN5O3. The molecule has 3 aromatic rings. The molecule has 2 aliphatic rings. The van der Waals surface area contributed by atoms with E-state index in [-0.39, 0.29) is 17.6 Å². The smallest absolute Gasteiger partial charge is 0.348 e. The van der Waals surface area contributed by atoms with Crippen molar-refractivity contribution >= 4 is 23.6 Å². The molecule has 9 heteroatoms. The fourth-order valence-corrected chi connectivity index (χ4v) is 3.58. The maximum Gasteiger partial charge on any atom is 0.348 e. The summed E-state index contributed by atoms with van der Waals surface area (Å²) in [6.07, 6.45) is 5.41. The number of nitrogens with one attached hydrogen (secondary N) is 1. The summed E-state index contributed by atoms with van der Waals surface area (Å²) in [5.74, 6) is -0.707. The second kappa shape index (κ2) is 8.62. The van der Waals surface area contributed by atoms with Crippen LogP contribution in [0.1, 0.15) is 5.56 Å². The Balaban J connectivity index is 1.22.